The van der Waals surface area contributed by atoms with Gasteiger partial charge >= 0.3 is 0 Å². The lowest BCUT2D eigenvalue weighted by Gasteiger charge is -2.34. The molecule has 7 nitrogen and oxygen atoms in total. The predicted molar refractivity (Wildman–Crippen MR) is 90.1 cm³/mol. The van der Waals surface area contributed by atoms with Gasteiger partial charge in [0.2, 0.25) is 0 Å². The van der Waals surface area contributed by atoms with Crippen LogP contribution < -0.4 is 5.32 Å². The summed E-state index contributed by atoms with van der Waals surface area (Å²) in [5.74, 6) is -0.137. The highest BCUT2D eigenvalue weighted by Crippen LogP contribution is 2.53. The standard InChI is InChI=1S/C16H16N4O3S/c21-14(11-1-3-13(4-2-11)20(22)23)12-5-6-15-10-18-19-16(15,17-9-12)7-8-24-15/h1-4,7-8,12,17H,5-6,9-10H2. The summed E-state index contributed by atoms with van der Waals surface area (Å²) >= 11 is 1.75. The van der Waals surface area contributed by atoms with E-state index in [1.54, 1.807) is 11.8 Å². The summed E-state index contributed by atoms with van der Waals surface area (Å²) in [5.41, 5.74) is 0.0288. The number of ketones is 1. The van der Waals surface area contributed by atoms with Gasteiger partial charge in [-0.1, -0.05) is 0 Å². The van der Waals surface area contributed by atoms with Gasteiger partial charge < -0.3 is 0 Å². The third-order valence-electron chi connectivity index (χ3n) is 5.10. The Morgan fingerprint density at radius 1 is 1.38 bits per heavy atom. The number of rotatable bonds is 3. The lowest BCUT2D eigenvalue weighted by Crippen LogP contribution is -2.54. The van der Waals surface area contributed by atoms with Gasteiger partial charge in [-0.15, -0.1) is 11.8 Å². The molecule has 1 fully saturated rings. The molecule has 1 saturated heterocycles. The first-order valence-electron chi connectivity index (χ1n) is 7.83. The average molecular weight is 344 g/mol. The maximum Gasteiger partial charge on any atom is 0.269 e. The Balaban J connectivity index is 1.54. The Bertz CT molecular complexity index is 743. The largest absolute Gasteiger partial charge is 0.294 e. The number of hydrogen-bond donors (Lipinski definition) is 1. The van der Waals surface area contributed by atoms with Crippen LogP contribution in [0.2, 0.25) is 0 Å². The van der Waals surface area contributed by atoms with Gasteiger partial charge in [0.15, 0.2) is 11.4 Å². The van der Waals surface area contributed by atoms with Crippen molar-refractivity contribution in [3.8, 4) is 0 Å². The van der Waals surface area contributed by atoms with Crippen LogP contribution in [-0.2, 0) is 0 Å². The summed E-state index contributed by atoms with van der Waals surface area (Å²) in [4.78, 5) is 23.1. The van der Waals surface area contributed by atoms with E-state index in [0.717, 1.165) is 12.8 Å². The third kappa shape index (κ3) is 2.21. The minimum absolute atomic E-state index is 0.00525. The zero-order chi connectivity index (χ0) is 16.8. The molecule has 3 aliphatic heterocycles. The number of nitro benzene ring substituents is 1. The number of nitrogens with one attached hydrogen (secondary N) is 1. The third-order valence-corrected chi connectivity index (χ3v) is 6.47. The Morgan fingerprint density at radius 2 is 2.17 bits per heavy atom. The van der Waals surface area contributed by atoms with E-state index in [2.05, 4.69) is 21.0 Å². The molecule has 1 aromatic rings. The van der Waals surface area contributed by atoms with E-state index in [1.165, 1.54) is 24.3 Å². The van der Waals surface area contributed by atoms with Crippen molar-refractivity contribution in [1.29, 1.82) is 0 Å². The highest BCUT2D eigenvalue weighted by Gasteiger charge is 2.58. The van der Waals surface area contributed by atoms with Gasteiger partial charge in [-0.2, -0.15) is 10.2 Å². The molecular formula is C16H16N4O3S. The van der Waals surface area contributed by atoms with E-state index >= 15 is 0 Å². The number of Topliss-reactive ketones (excluding diaryl/α,β-unsaturated/α-hetero) is 1. The van der Waals surface area contributed by atoms with Gasteiger partial charge in [0.05, 0.1) is 16.2 Å². The molecule has 3 heterocycles. The first-order valence-corrected chi connectivity index (χ1v) is 8.71. The second-order valence-corrected chi connectivity index (χ2v) is 7.65. The van der Waals surface area contributed by atoms with Crippen molar-refractivity contribution in [3.63, 3.8) is 0 Å². The normalized spacial score (nSPS) is 33.8. The summed E-state index contributed by atoms with van der Waals surface area (Å²) in [6.07, 6.45) is 3.66. The van der Waals surface area contributed by atoms with Crippen LogP contribution in [0.25, 0.3) is 0 Å². The molecule has 3 aliphatic rings. The van der Waals surface area contributed by atoms with Gasteiger partial charge in [-0.05, 0) is 36.5 Å². The lowest BCUT2D eigenvalue weighted by atomic mass is 9.87. The fourth-order valence-electron chi connectivity index (χ4n) is 3.63. The van der Waals surface area contributed by atoms with Crippen LogP contribution in [0.15, 0.2) is 46.0 Å². The number of thioether (sulfide) groups is 1. The molecule has 0 bridgehead atoms. The second-order valence-electron chi connectivity index (χ2n) is 6.37. The van der Waals surface area contributed by atoms with Crippen LogP contribution in [0.4, 0.5) is 5.69 Å². The first kappa shape index (κ1) is 15.5. The smallest absolute Gasteiger partial charge is 0.269 e. The van der Waals surface area contributed by atoms with Crippen molar-refractivity contribution in [3.05, 3.63) is 51.4 Å². The molecule has 4 rings (SSSR count). The molecule has 8 heteroatoms. The quantitative estimate of drug-likeness (QED) is 0.516. The van der Waals surface area contributed by atoms with E-state index in [1.807, 2.05) is 6.08 Å². The summed E-state index contributed by atoms with van der Waals surface area (Å²) in [6, 6.07) is 5.84. The van der Waals surface area contributed by atoms with Gasteiger partial charge in [0.25, 0.3) is 5.69 Å². The predicted octanol–water partition coefficient (Wildman–Crippen LogP) is 2.94. The molecule has 1 N–H and O–H groups in total. The van der Waals surface area contributed by atoms with Crippen LogP contribution in [-0.4, -0.2) is 34.2 Å². The van der Waals surface area contributed by atoms with Crippen molar-refractivity contribution >= 4 is 23.2 Å². The molecule has 0 aliphatic carbocycles. The van der Waals surface area contributed by atoms with E-state index in [9.17, 15) is 14.9 Å². The molecule has 124 valence electrons. The van der Waals surface area contributed by atoms with Gasteiger partial charge in [0, 0.05) is 30.2 Å². The molecule has 0 amide bonds. The Kier molecular flexibility index (Phi) is 3.54. The topological polar surface area (TPSA) is 97.0 Å². The summed E-state index contributed by atoms with van der Waals surface area (Å²) in [7, 11) is 0. The Morgan fingerprint density at radius 3 is 2.92 bits per heavy atom. The molecule has 0 radical (unpaired) electrons. The number of nitrogens with zero attached hydrogens (tertiary/aromatic N) is 3. The van der Waals surface area contributed by atoms with Crippen LogP contribution in [0.5, 0.6) is 0 Å². The number of non-ortho nitro benzene ring substituents is 1. The lowest BCUT2D eigenvalue weighted by molar-refractivity contribution is -0.384. The van der Waals surface area contributed by atoms with Crippen molar-refractivity contribution in [2.75, 3.05) is 13.1 Å². The molecule has 0 spiro atoms. The molecule has 0 saturated carbocycles. The number of nitro groups is 1. The maximum absolute atomic E-state index is 12.8. The van der Waals surface area contributed by atoms with Crippen molar-refractivity contribution in [1.82, 2.24) is 5.32 Å². The van der Waals surface area contributed by atoms with Crippen molar-refractivity contribution in [2.24, 2.45) is 16.1 Å². The molecular weight excluding hydrogens is 328 g/mol. The monoisotopic (exact) mass is 344 g/mol. The summed E-state index contributed by atoms with van der Waals surface area (Å²) in [5, 5.41) is 24.9. The van der Waals surface area contributed by atoms with Crippen molar-refractivity contribution < 1.29 is 9.72 Å². The van der Waals surface area contributed by atoms with Gasteiger partial charge in [-0.25, -0.2) is 0 Å². The average Bonchev–Trinajstić information content (AvgIpc) is 3.05. The molecule has 1 aromatic carbocycles. The van der Waals surface area contributed by atoms with Gasteiger partial charge in [0.1, 0.15) is 0 Å². The summed E-state index contributed by atoms with van der Waals surface area (Å²) < 4.78 is -0.114. The maximum atomic E-state index is 12.8. The van der Waals surface area contributed by atoms with Crippen LogP contribution in [0.1, 0.15) is 23.2 Å². The summed E-state index contributed by atoms with van der Waals surface area (Å²) in [6.45, 7) is 1.19. The number of azo groups is 1. The van der Waals surface area contributed by atoms with Gasteiger partial charge in [-0.3, -0.25) is 20.2 Å². The SMILES string of the molecule is O=C(c1ccc([N+](=O)[O-])cc1)C1CCC23CN=NC2(C=CS3)NC1. The minimum atomic E-state index is -0.484. The highest BCUT2D eigenvalue weighted by atomic mass is 32.2. The number of benzene rings is 1. The zero-order valence-electron chi connectivity index (χ0n) is 12.8. The second kappa shape index (κ2) is 5.49. The first-order chi connectivity index (χ1) is 11.6. The number of carbonyl (C=O) groups excluding carboxylic acids is 1. The number of carbonyl (C=O) groups is 1. The van der Waals surface area contributed by atoms with Crippen LogP contribution >= 0.6 is 11.8 Å². The zero-order valence-corrected chi connectivity index (χ0v) is 13.7. The Hall–Kier alpha value is -2.06. The minimum Gasteiger partial charge on any atom is -0.294 e. The van der Waals surface area contributed by atoms with Crippen molar-refractivity contribution in [2.45, 2.75) is 23.3 Å². The number of hydrogen-bond acceptors (Lipinski definition) is 7. The fourth-order valence-corrected chi connectivity index (χ4v) is 4.88. The van der Waals surface area contributed by atoms with Crippen LogP contribution in [0, 0.1) is 16.0 Å². The molecule has 24 heavy (non-hydrogen) atoms. The van der Waals surface area contributed by atoms with E-state index in [4.69, 9.17) is 0 Å². The van der Waals surface area contributed by atoms with Crippen LogP contribution in [0.3, 0.4) is 0 Å². The van der Waals surface area contributed by atoms with E-state index < -0.39 is 10.6 Å². The van der Waals surface area contributed by atoms with E-state index in [-0.39, 0.29) is 22.1 Å². The van der Waals surface area contributed by atoms with E-state index in [0.29, 0.717) is 18.7 Å². The Labute approximate surface area is 142 Å². The molecule has 3 atom stereocenters. The molecule has 3 unspecified atom stereocenters. The highest BCUT2D eigenvalue weighted by molar-refractivity contribution is 8.03. The fraction of sp³-hybridized carbons (Fsp3) is 0.438. The molecule has 0 aromatic heterocycles.